The molecule has 1 N–H and O–H groups in total. The third-order valence-corrected chi connectivity index (χ3v) is 6.03. The Kier molecular flexibility index (Phi) is 4.54. The van der Waals surface area contributed by atoms with Crippen molar-refractivity contribution in [1.82, 2.24) is 10.2 Å². The van der Waals surface area contributed by atoms with Gasteiger partial charge >= 0.3 is 0 Å². The maximum absolute atomic E-state index is 13.5. The molecule has 0 aromatic heterocycles. The number of carbonyl (C=O) groups excluding carboxylic acids is 2. The minimum absolute atomic E-state index is 0.0362. The van der Waals surface area contributed by atoms with Gasteiger partial charge in [-0.2, -0.15) is 0 Å². The van der Waals surface area contributed by atoms with Crippen LogP contribution in [0, 0.1) is 0 Å². The van der Waals surface area contributed by atoms with Crippen LogP contribution in [-0.4, -0.2) is 49.7 Å². The van der Waals surface area contributed by atoms with E-state index in [0.29, 0.717) is 49.8 Å². The van der Waals surface area contributed by atoms with Gasteiger partial charge in [0, 0.05) is 48.0 Å². The summed E-state index contributed by atoms with van der Waals surface area (Å²) in [5, 5.41) is 3.37. The standard InChI is InChI=1S/C22H24N2O5/c1-13-19(22(26)24-7-9-27-10-8-24)20(21-15(23-13)3-2-4-16(21)25)14-5-6-17-18(11-14)29-12-28-17/h5-6,11,20,23H,2-4,7-10,12H2,1H3/t20-/m1/s1. The molecule has 1 atom stereocenters. The number of hydrogen-bond donors (Lipinski definition) is 1. The zero-order valence-electron chi connectivity index (χ0n) is 16.5. The molecule has 1 aliphatic carbocycles. The number of carbonyl (C=O) groups is 2. The van der Waals surface area contributed by atoms with Gasteiger partial charge in [-0.05, 0) is 37.5 Å². The molecule has 1 amide bonds. The van der Waals surface area contributed by atoms with E-state index >= 15 is 0 Å². The maximum atomic E-state index is 13.5. The third kappa shape index (κ3) is 3.09. The lowest BCUT2D eigenvalue weighted by Gasteiger charge is -2.37. The fourth-order valence-electron chi connectivity index (χ4n) is 4.63. The lowest BCUT2D eigenvalue weighted by atomic mass is 9.74. The molecule has 0 unspecified atom stereocenters. The summed E-state index contributed by atoms with van der Waals surface area (Å²) in [5.74, 6) is 1.02. The summed E-state index contributed by atoms with van der Waals surface area (Å²) >= 11 is 0. The molecule has 5 rings (SSSR count). The molecule has 3 aliphatic heterocycles. The van der Waals surface area contributed by atoms with Crippen LogP contribution in [-0.2, 0) is 14.3 Å². The van der Waals surface area contributed by atoms with Crippen LogP contribution < -0.4 is 14.8 Å². The molecule has 0 bridgehead atoms. The lowest BCUT2D eigenvalue weighted by molar-refractivity contribution is -0.131. The van der Waals surface area contributed by atoms with Crippen LogP contribution in [0.3, 0.4) is 0 Å². The Balaban J connectivity index is 1.61. The average molecular weight is 396 g/mol. The molecule has 7 nitrogen and oxygen atoms in total. The Hall–Kier alpha value is -2.80. The number of morpholine rings is 1. The number of allylic oxidation sites excluding steroid dienone is 3. The first-order valence-electron chi connectivity index (χ1n) is 10.1. The summed E-state index contributed by atoms with van der Waals surface area (Å²) < 4.78 is 16.4. The van der Waals surface area contributed by atoms with Crippen LogP contribution in [0.15, 0.2) is 40.7 Å². The number of benzene rings is 1. The van der Waals surface area contributed by atoms with Crippen LogP contribution in [0.4, 0.5) is 0 Å². The number of dihydropyridines is 1. The van der Waals surface area contributed by atoms with E-state index < -0.39 is 5.92 Å². The zero-order chi connectivity index (χ0) is 20.0. The Morgan fingerprint density at radius 2 is 1.93 bits per heavy atom. The van der Waals surface area contributed by atoms with Crippen LogP contribution in [0.5, 0.6) is 11.5 Å². The number of fused-ring (bicyclic) bond motifs is 1. The summed E-state index contributed by atoms with van der Waals surface area (Å²) in [7, 11) is 0. The number of amides is 1. The minimum Gasteiger partial charge on any atom is -0.454 e. The Bertz CT molecular complexity index is 943. The maximum Gasteiger partial charge on any atom is 0.252 e. The fraction of sp³-hybridized carbons (Fsp3) is 0.455. The number of ketones is 1. The van der Waals surface area contributed by atoms with Gasteiger partial charge in [0.25, 0.3) is 5.91 Å². The van der Waals surface area contributed by atoms with Crippen molar-refractivity contribution in [3.63, 3.8) is 0 Å². The zero-order valence-corrected chi connectivity index (χ0v) is 16.5. The first-order chi connectivity index (χ1) is 14.1. The van der Waals surface area contributed by atoms with Gasteiger partial charge in [0.05, 0.1) is 13.2 Å². The van der Waals surface area contributed by atoms with Gasteiger partial charge in [-0.1, -0.05) is 6.07 Å². The molecule has 1 aromatic carbocycles. The normalized spacial score (nSPS) is 23.8. The van der Waals surface area contributed by atoms with Gasteiger partial charge < -0.3 is 24.4 Å². The van der Waals surface area contributed by atoms with Crippen LogP contribution in [0.25, 0.3) is 0 Å². The highest BCUT2D eigenvalue weighted by Gasteiger charge is 2.40. The third-order valence-electron chi connectivity index (χ3n) is 6.03. The highest BCUT2D eigenvalue weighted by molar-refractivity contribution is 6.05. The predicted molar refractivity (Wildman–Crippen MR) is 104 cm³/mol. The van der Waals surface area contributed by atoms with Crippen LogP contribution in [0.2, 0.25) is 0 Å². The summed E-state index contributed by atoms with van der Waals surface area (Å²) in [6.07, 6.45) is 2.16. The minimum atomic E-state index is -0.399. The number of Topliss-reactive ketones (excluding diaryl/α,β-unsaturated/α-hetero) is 1. The molecule has 7 heteroatoms. The fourth-order valence-corrected chi connectivity index (χ4v) is 4.63. The van der Waals surface area contributed by atoms with Crippen molar-refractivity contribution in [1.29, 1.82) is 0 Å². The summed E-state index contributed by atoms with van der Waals surface area (Å²) in [6, 6.07) is 5.71. The quantitative estimate of drug-likeness (QED) is 0.826. The van der Waals surface area contributed by atoms with Gasteiger partial charge in [-0.25, -0.2) is 0 Å². The van der Waals surface area contributed by atoms with Crippen molar-refractivity contribution in [2.24, 2.45) is 0 Å². The van der Waals surface area contributed by atoms with Crippen molar-refractivity contribution < 1.29 is 23.8 Å². The molecule has 4 aliphatic rings. The monoisotopic (exact) mass is 396 g/mol. The van der Waals surface area contributed by atoms with E-state index in [4.69, 9.17) is 14.2 Å². The molecule has 1 saturated heterocycles. The molecule has 1 fully saturated rings. The van der Waals surface area contributed by atoms with E-state index in [1.165, 1.54) is 0 Å². The molecule has 0 radical (unpaired) electrons. The molecule has 1 aromatic rings. The van der Waals surface area contributed by atoms with E-state index in [0.717, 1.165) is 35.4 Å². The topological polar surface area (TPSA) is 77.1 Å². The smallest absolute Gasteiger partial charge is 0.252 e. The highest BCUT2D eigenvalue weighted by Crippen LogP contribution is 2.45. The summed E-state index contributed by atoms with van der Waals surface area (Å²) in [4.78, 5) is 28.3. The summed E-state index contributed by atoms with van der Waals surface area (Å²) in [5.41, 5.74) is 4.00. The van der Waals surface area contributed by atoms with Crippen molar-refractivity contribution in [2.45, 2.75) is 32.1 Å². The Morgan fingerprint density at radius 1 is 1.14 bits per heavy atom. The van der Waals surface area contributed by atoms with Gasteiger partial charge in [0.1, 0.15) is 0 Å². The predicted octanol–water partition coefficient (Wildman–Crippen LogP) is 2.24. The average Bonchev–Trinajstić information content (AvgIpc) is 3.21. The van der Waals surface area contributed by atoms with E-state index in [2.05, 4.69) is 5.32 Å². The van der Waals surface area contributed by atoms with Crippen molar-refractivity contribution in [3.05, 3.63) is 46.3 Å². The molecule has 3 heterocycles. The first-order valence-corrected chi connectivity index (χ1v) is 10.1. The SMILES string of the molecule is CC1=C(C(=O)N2CCOCC2)[C@@H](c2ccc3c(c2)OCO3)C2=C(CCCC2=O)N1. The number of hydrogen-bond acceptors (Lipinski definition) is 6. The molecule has 0 spiro atoms. The Labute approximate surface area is 169 Å². The molecular weight excluding hydrogens is 372 g/mol. The van der Waals surface area contributed by atoms with E-state index in [1.807, 2.05) is 30.0 Å². The van der Waals surface area contributed by atoms with Crippen molar-refractivity contribution in [3.8, 4) is 11.5 Å². The Morgan fingerprint density at radius 3 is 2.76 bits per heavy atom. The van der Waals surface area contributed by atoms with Gasteiger partial charge in [0.2, 0.25) is 6.79 Å². The van der Waals surface area contributed by atoms with Gasteiger partial charge in [-0.15, -0.1) is 0 Å². The summed E-state index contributed by atoms with van der Waals surface area (Å²) in [6.45, 7) is 4.30. The van der Waals surface area contributed by atoms with Crippen molar-refractivity contribution >= 4 is 11.7 Å². The van der Waals surface area contributed by atoms with Gasteiger partial charge in [-0.3, -0.25) is 9.59 Å². The number of nitrogens with zero attached hydrogens (tertiary/aromatic N) is 1. The van der Waals surface area contributed by atoms with Crippen LogP contribution >= 0.6 is 0 Å². The number of nitrogens with one attached hydrogen (secondary N) is 1. The second-order valence-corrected chi connectivity index (χ2v) is 7.78. The highest BCUT2D eigenvalue weighted by atomic mass is 16.7. The lowest BCUT2D eigenvalue weighted by Crippen LogP contribution is -2.44. The first kappa shape index (κ1) is 18.2. The van der Waals surface area contributed by atoms with E-state index in [-0.39, 0.29) is 18.5 Å². The van der Waals surface area contributed by atoms with E-state index in [9.17, 15) is 9.59 Å². The molecule has 152 valence electrons. The number of rotatable bonds is 2. The van der Waals surface area contributed by atoms with Gasteiger partial charge in [0.15, 0.2) is 17.3 Å². The second-order valence-electron chi connectivity index (χ2n) is 7.78. The molecule has 0 saturated carbocycles. The van der Waals surface area contributed by atoms with Crippen molar-refractivity contribution in [2.75, 3.05) is 33.1 Å². The molecule has 29 heavy (non-hydrogen) atoms. The second kappa shape index (κ2) is 7.22. The van der Waals surface area contributed by atoms with Crippen LogP contribution in [0.1, 0.15) is 37.7 Å². The van der Waals surface area contributed by atoms with E-state index in [1.54, 1.807) is 0 Å². The largest absolute Gasteiger partial charge is 0.454 e. The molecular formula is C22H24N2O5. The number of ether oxygens (including phenoxy) is 3.